The summed E-state index contributed by atoms with van der Waals surface area (Å²) in [6.07, 6.45) is 0. The van der Waals surface area contributed by atoms with Crippen molar-refractivity contribution in [2.75, 3.05) is 0 Å². The van der Waals surface area contributed by atoms with Gasteiger partial charge in [0.05, 0.1) is 0 Å². The molecule has 0 aliphatic rings. The minimum Gasteiger partial charge on any atom is -0.568 e. The molecule has 18 valence electrons. The molecule has 0 aromatic carbocycles. The van der Waals surface area contributed by atoms with Gasteiger partial charge >= 0.3 is 29.6 Å². The Morgan fingerprint density at radius 1 is 1.75 bits per heavy atom. The Hall–Kier alpha value is 1.02. The van der Waals surface area contributed by atoms with Gasteiger partial charge in [-0.1, -0.05) is 0 Å². The maximum absolute atomic E-state index is 4.72. The summed E-state index contributed by atoms with van der Waals surface area (Å²) in [4.78, 5) is 0. The van der Waals surface area contributed by atoms with Gasteiger partial charge in [0, 0.05) is 0 Å². The van der Waals surface area contributed by atoms with Gasteiger partial charge in [-0.05, 0) is 0 Å². The minimum atomic E-state index is 0. The first-order valence-electron chi connectivity index (χ1n) is 0.911. The van der Waals surface area contributed by atoms with Crippen molar-refractivity contribution in [1.29, 1.82) is 0 Å². The van der Waals surface area contributed by atoms with Crippen molar-refractivity contribution in [3.63, 3.8) is 0 Å². The number of hydrogen-bond donors (Lipinski definition) is 1. The Labute approximate surface area is 49.5 Å². The SMILES string of the molecule is C[B-]N.[Na+]. The quantitative estimate of drug-likeness (QED) is 0.293. The van der Waals surface area contributed by atoms with Crippen LogP contribution in [-0.4, -0.2) is 7.41 Å². The van der Waals surface area contributed by atoms with E-state index in [9.17, 15) is 0 Å². The van der Waals surface area contributed by atoms with E-state index >= 15 is 0 Å². The molecule has 0 spiro atoms. The molecule has 2 radical (unpaired) electrons. The first-order valence-corrected chi connectivity index (χ1v) is 0.911. The average molecular weight is 64.9 g/mol. The molecule has 0 bridgehead atoms. The molecule has 0 amide bonds. The molecule has 0 aromatic rings. The Morgan fingerprint density at radius 2 is 1.75 bits per heavy atom. The Balaban J connectivity index is 0. The molecule has 0 aromatic heterocycles. The summed E-state index contributed by atoms with van der Waals surface area (Å²) in [5, 5.41) is 0. The second-order valence-corrected chi connectivity index (χ2v) is 0.333. The van der Waals surface area contributed by atoms with Gasteiger partial charge in [-0.15, -0.1) is 0 Å². The van der Waals surface area contributed by atoms with Gasteiger partial charge < -0.3 is 5.64 Å². The zero-order valence-electron chi connectivity index (χ0n) is 3.15. The maximum atomic E-state index is 4.72. The normalized spacial score (nSPS) is 4.50. The van der Waals surface area contributed by atoms with Crippen LogP contribution >= 0.6 is 0 Å². The molecule has 0 heterocycles. The number of hydrogen-bond acceptors (Lipinski definition) is 1. The van der Waals surface area contributed by atoms with Gasteiger partial charge in [0.1, 0.15) is 0 Å². The molecule has 0 fully saturated rings. The molecule has 1 nitrogen and oxygen atoms in total. The largest absolute Gasteiger partial charge is 1.00 e. The fourth-order valence-corrected chi connectivity index (χ4v) is 0. The van der Waals surface area contributed by atoms with Crippen LogP contribution < -0.4 is 35.2 Å². The summed E-state index contributed by atoms with van der Waals surface area (Å²) in [6.45, 7) is 1.78. The van der Waals surface area contributed by atoms with Crippen molar-refractivity contribution in [3.8, 4) is 0 Å². The minimum absolute atomic E-state index is 0. The fraction of sp³-hybridized carbons (Fsp3) is 1.00. The van der Waals surface area contributed by atoms with Crippen molar-refractivity contribution in [3.05, 3.63) is 0 Å². The van der Waals surface area contributed by atoms with Crippen LogP contribution in [0.25, 0.3) is 0 Å². The van der Waals surface area contributed by atoms with E-state index < -0.39 is 0 Å². The van der Waals surface area contributed by atoms with Crippen LogP contribution in [-0.2, 0) is 0 Å². The number of nitrogens with two attached hydrogens (primary N) is 1. The second kappa shape index (κ2) is 8.98. The molecular formula is CH5BNNa. The van der Waals surface area contributed by atoms with Crippen LogP contribution in [0.3, 0.4) is 0 Å². The van der Waals surface area contributed by atoms with Crippen LogP contribution in [0.4, 0.5) is 0 Å². The van der Waals surface area contributed by atoms with Crippen LogP contribution in [0.2, 0.25) is 6.82 Å². The molecule has 0 saturated heterocycles. The summed E-state index contributed by atoms with van der Waals surface area (Å²) >= 11 is 0. The third-order valence-electron chi connectivity index (χ3n) is 0. The van der Waals surface area contributed by atoms with E-state index in [0.717, 1.165) is 0 Å². The third kappa shape index (κ3) is 11.8. The second-order valence-electron chi connectivity index (χ2n) is 0.333. The molecule has 4 heavy (non-hydrogen) atoms. The van der Waals surface area contributed by atoms with E-state index in [0.29, 0.717) is 0 Å². The maximum Gasteiger partial charge on any atom is 1.00 e. The fourth-order valence-electron chi connectivity index (χ4n) is 0. The Morgan fingerprint density at radius 3 is 1.75 bits per heavy atom. The van der Waals surface area contributed by atoms with Crippen molar-refractivity contribution in [2.45, 2.75) is 6.82 Å². The predicted molar refractivity (Wildman–Crippen MR) is 15.8 cm³/mol. The molecule has 0 rings (SSSR count). The molecule has 2 N–H and O–H groups in total. The molecule has 0 atom stereocenters. The Bertz CT molecular complexity index is 8.00. The van der Waals surface area contributed by atoms with Gasteiger partial charge in [0.25, 0.3) is 0 Å². The summed E-state index contributed by atoms with van der Waals surface area (Å²) < 4.78 is 0. The van der Waals surface area contributed by atoms with Crippen LogP contribution in [0.15, 0.2) is 0 Å². The van der Waals surface area contributed by atoms with Crippen LogP contribution in [0.5, 0.6) is 0 Å². The van der Waals surface area contributed by atoms with Crippen LogP contribution in [0.1, 0.15) is 0 Å². The average Bonchev–Trinajstić information content (AvgIpc) is 0.918. The van der Waals surface area contributed by atoms with Crippen molar-refractivity contribution in [1.82, 2.24) is 0 Å². The smallest absolute Gasteiger partial charge is 0.568 e. The summed E-state index contributed by atoms with van der Waals surface area (Å²) in [7, 11) is 1.50. The van der Waals surface area contributed by atoms with Crippen molar-refractivity contribution < 1.29 is 29.6 Å². The summed E-state index contributed by atoms with van der Waals surface area (Å²) in [5.41, 5.74) is 4.72. The van der Waals surface area contributed by atoms with E-state index in [1.807, 2.05) is 0 Å². The predicted octanol–water partition coefficient (Wildman–Crippen LogP) is -3.38. The standard InChI is InChI=1S/CH5BN.Na/c1-2-3;/h3H2,1H3;/q-1;+1. The molecule has 0 saturated carbocycles. The van der Waals surface area contributed by atoms with Gasteiger partial charge in [-0.25, -0.2) is 6.82 Å². The number of rotatable bonds is 0. The zero-order valence-corrected chi connectivity index (χ0v) is 5.15. The van der Waals surface area contributed by atoms with Crippen molar-refractivity contribution >= 4 is 7.41 Å². The van der Waals surface area contributed by atoms with E-state index in [4.69, 9.17) is 5.64 Å². The molecule has 3 heteroatoms. The monoisotopic (exact) mass is 65.0 g/mol. The van der Waals surface area contributed by atoms with Gasteiger partial charge in [0.2, 0.25) is 0 Å². The first-order chi connectivity index (χ1) is 1.41. The zero-order chi connectivity index (χ0) is 2.71. The van der Waals surface area contributed by atoms with E-state index in [1.165, 1.54) is 7.41 Å². The third-order valence-corrected chi connectivity index (χ3v) is 0. The Kier molecular flexibility index (Phi) is 20.0. The van der Waals surface area contributed by atoms with Gasteiger partial charge in [0.15, 0.2) is 0 Å². The van der Waals surface area contributed by atoms with E-state index in [1.54, 1.807) is 6.82 Å². The van der Waals surface area contributed by atoms with Crippen molar-refractivity contribution in [2.24, 2.45) is 5.64 Å². The summed E-state index contributed by atoms with van der Waals surface area (Å²) in [6, 6.07) is 0. The summed E-state index contributed by atoms with van der Waals surface area (Å²) in [5.74, 6) is 0. The molecule has 0 aliphatic carbocycles. The first kappa shape index (κ1) is 8.90. The molecule has 0 aliphatic heterocycles. The molecule has 0 unspecified atom stereocenters. The van der Waals surface area contributed by atoms with E-state index in [-0.39, 0.29) is 29.6 Å². The topological polar surface area (TPSA) is 26.0 Å². The van der Waals surface area contributed by atoms with Gasteiger partial charge in [-0.2, -0.15) is 0 Å². The molecular weight excluding hydrogens is 59.8 g/mol. The van der Waals surface area contributed by atoms with Crippen LogP contribution in [0, 0.1) is 0 Å². The van der Waals surface area contributed by atoms with Gasteiger partial charge in [-0.3, -0.25) is 7.41 Å². The van der Waals surface area contributed by atoms with E-state index in [2.05, 4.69) is 0 Å².